The Balaban J connectivity index is 1.74. The molecule has 0 fully saturated rings. The van der Waals surface area contributed by atoms with Crippen LogP contribution in [-0.4, -0.2) is 39.9 Å². The van der Waals surface area contributed by atoms with Crippen LogP contribution in [0.15, 0.2) is 48.5 Å². The number of anilines is 1. The summed E-state index contributed by atoms with van der Waals surface area (Å²) in [5, 5.41) is 2.88. The highest BCUT2D eigenvalue weighted by Gasteiger charge is 2.38. The number of rotatable bonds is 5. The van der Waals surface area contributed by atoms with E-state index in [4.69, 9.17) is 11.6 Å². The smallest absolute Gasteiger partial charge is 0.335 e. The first-order valence-electron chi connectivity index (χ1n) is 8.47. The third-order valence-electron chi connectivity index (χ3n) is 4.16. The molecule has 29 heavy (non-hydrogen) atoms. The molecule has 152 valence electrons. The van der Waals surface area contributed by atoms with Crippen molar-refractivity contribution in [3.8, 4) is 0 Å². The number of carbonyl (C=O) groups excluding carboxylic acids is 2. The van der Waals surface area contributed by atoms with Gasteiger partial charge in [-0.2, -0.15) is 13.2 Å². The second-order valence-electron chi connectivity index (χ2n) is 6.29. The Labute approximate surface area is 168 Å². The molecule has 6 nitrogen and oxygen atoms in total. The highest BCUT2D eigenvalue weighted by Crippen LogP contribution is 2.31. The SMILES string of the molecule is CN(CC(=O)Nc1ccccc1Cl)C(=O)Cn1c(C(F)(F)F)nc2ccccc21. The summed E-state index contributed by atoms with van der Waals surface area (Å²) in [6.07, 6.45) is -4.72. The molecular weight excluding hydrogens is 409 g/mol. The molecule has 0 aliphatic carbocycles. The van der Waals surface area contributed by atoms with Gasteiger partial charge in [-0.3, -0.25) is 9.59 Å². The van der Waals surface area contributed by atoms with Gasteiger partial charge >= 0.3 is 6.18 Å². The zero-order valence-electron chi connectivity index (χ0n) is 15.2. The van der Waals surface area contributed by atoms with Crippen molar-refractivity contribution >= 4 is 40.1 Å². The molecule has 0 bridgehead atoms. The number of imidazole rings is 1. The molecule has 3 rings (SSSR count). The average molecular weight is 425 g/mol. The lowest BCUT2D eigenvalue weighted by Gasteiger charge is -2.19. The van der Waals surface area contributed by atoms with Gasteiger partial charge in [0.25, 0.3) is 0 Å². The molecule has 1 aromatic heterocycles. The van der Waals surface area contributed by atoms with Gasteiger partial charge in [0.15, 0.2) is 0 Å². The molecule has 0 radical (unpaired) electrons. The lowest BCUT2D eigenvalue weighted by molar-refractivity contribution is -0.148. The number of para-hydroxylation sites is 3. The van der Waals surface area contributed by atoms with E-state index in [0.29, 0.717) is 10.7 Å². The van der Waals surface area contributed by atoms with Gasteiger partial charge in [0.05, 0.1) is 28.3 Å². The molecule has 2 amide bonds. The van der Waals surface area contributed by atoms with Crippen LogP contribution in [0.25, 0.3) is 11.0 Å². The molecule has 0 saturated carbocycles. The molecule has 0 unspecified atom stereocenters. The summed E-state index contributed by atoms with van der Waals surface area (Å²) < 4.78 is 40.8. The van der Waals surface area contributed by atoms with Crippen molar-refractivity contribution in [2.24, 2.45) is 0 Å². The minimum atomic E-state index is -4.72. The normalized spacial score (nSPS) is 11.5. The van der Waals surface area contributed by atoms with Crippen LogP contribution in [0.4, 0.5) is 18.9 Å². The summed E-state index contributed by atoms with van der Waals surface area (Å²) in [4.78, 5) is 29.3. The maximum Gasteiger partial charge on any atom is 0.449 e. The average Bonchev–Trinajstić information content (AvgIpc) is 3.02. The Hall–Kier alpha value is -3.07. The molecule has 3 aromatic rings. The second kappa shape index (κ2) is 8.12. The van der Waals surface area contributed by atoms with Gasteiger partial charge in [-0.1, -0.05) is 35.9 Å². The number of likely N-dealkylation sites (N-methyl/N-ethyl adjacent to an activating group) is 1. The summed E-state index contributed by atoms with van der Waals surface area (Å²) in [7, 11) is 1.33. The van der Waals surface area contributed by atoms with Crippen LogP contribution in [0.1, 0.15) is 5.82 Å². The van der Waals surface area contributed by atoms with E-state index in [2.05, 4.69) is 10.3 Å². The van der Waals surface area contributed by atoms with Crippen molar-refractivity contribution in [3.63, 3.8) is 0 Å². The van der Waals surface area contributed by atoms with E-state index in [0.717, 1.165) is 9.47 Å². The molecule has 0 spiro atoms. The molecule has 2 aromatic carbocycles. The van der Waals surface area contributed by atoms with E-state index in [-0.39, 0.29) is 17.6 Å². The van der Waals surface area contributed by atoms with Crippen molar-refractivity contribution in [3.05, 3.63) is 59.4 Å². The predicted molar refractivity (Wildman–Crippen MR) is 102 cm³/mol. The van der Waals surface area contributed by atoms with Crippen molar-refractivity contribution in [1.29, 1.82) is 0 Å². The van der Waals surface area contributed by atoms with E-state index in [1.165, 1.54) is 19.2 Å². The van der Waals surface area contributed by atoms with Crippen LogP contribution in [0.5, 0.6) is 0 Å². The number of nitrogens with zero attached hydrogens (tertiary/aromatic N) is 3. The standard InChI is InChI=1S/C19H16ClF3N4O2/c1-26(10-16(28)24-13-7-3-2-6-12(13)20)17(29)11-27-15-9-5-4-8-14(15)25-18(27)19(21,22)23/h2-9H,10-11H2,1H3,(H,24,28). The highest BCUT2D eigenvalue weighted by atomic mass is 35.5. The lowest BCUT2D eigenvalue weighted by atomic mass is 10.3. The summed E-state index contributed by atoms with van der Waals surface area (Å²) in [6, 6.07) is 12.6. The fourth-order valence-electron chi connectivity index (χ4n) is 2.76. The number of halogens is 4. The second-order valence-corrected chi connectivity index (χ2v) is 6.69. The topological polar surface area (TPSA) is 67.2 Å². The van der Waals surface area contributed by atoms with Gasteiger partial charge in [0.1, 0.15) is 6.54 Å². The van der Waals surface area contributed by atoms with Gasteiger partial charge in [-0.05, 0) is 24.3 Å². The van der Waals surface area contributed by atoms with Crippen molar-refractivity contribution < 1.29 is 22.8 Å². The number of fused-ring (bicyclic) bond motifs is 1. The third kappa shape index (κ3) is 4.68. The zero-order chi connectivity index (χ0) is 21.2. The first-order valence-corrected chi connectivity index (χ1v) is 8.85. The third-order valence-corrected chi connectivity index (χ3v) is 4.49. The highest BCUT2D eigenvalue weighted by molar-refractivity contribution is 6.33. The summed E-state index contributed by atoms with van der Waals surface area (Å²) >= 11 is 5.97. The Bertz CT molecular complexity index is 1070. The fourth-order valence-corrected chi connectivity index (χ4v) is 2.95. The Morgan fingerprint density at radius 2 is 1.79 bits per heavy atom. The molecule has 0 saturated heterocycles. The first-order chi connectivity index (χ1) is 13.7. The lowest BCUT2D eigenvalue weighted by Crippen LogP contribution is -2.37. The van der Waals surface area contributed by atoms with E-state index in [1.54, 1.807) is 36.4 Å². The van der Waals surface area contributed by atoms with Crippen molar-refractivity contribution in [2.75, 3.05) is 18.9 Å². The van der Waals surface area contributed by atoms with Crippen LogP contribution < -0.4 is 5.32 Å². The van der Waals surface area contributed by atoms with Crippen LogP contribution in [0.3, 0.4) is 0 Å². The summed E-state index contributed by atoms with van der Waals surface area (Å²) in [5.74, 6) is -2.37. The number of alkyl halides is 3. The first kappa shape index (κ1) is 20.7. The molecule has 1 heterocycles. The maximum absolute atomic E-state index is 13.3. The van der Waals surface area contributed by atoms with E-state index >= 15 is 0 Å². The fraction of sp³-hybridized carbons (Fsp3) is 0.211. The number of carbonyl (C=O) groups is 2. The van der Waals surface area contributed by atoms with E-state index in [9.17, 15) is 22.8 Å². The summed E-state index contributed by atoms with van der Waals surface area (Å²) in [6.45, 7) is -0.955. The Morgan fingerprint density at radius 1 is 1.14 bits per heavy atom. The number of nitrogens with one attached hydrogen (secondary N) is 1. The molecule has 0 aliphatic rings. The zero-order valence-corrected chi connectivity index (χ0v) is 16.0. The Kier molecular flexibility index (Phi) is 5.78. The van der Waals surface area contributed by atoms with E-state index in [1.807, 2.05) is 0 Å². The minimum absolute atomic E-state index is 0.131. The van der Waals surface area contributed by atoms with E-state index < -0.39 is 30.4 Å². The maximum atomic E-state index is 13.3. The van der Waals surface area contributed by atoms with Gasteiger partial charge < -0.3 is 14.8 Å². The molecule has 1 N–H and O–H groups in total. The van der Waals surface area contributed by atoms with Crippen LogP contribution >= 0.6 is 11.6 Å². The number of benzene rings is 2. The summed E-state index contributed by atoms with van der Waals surface area (Å²) in [5.41, 5.74) is 0.689. The van der Waals surface area contributed by atoms with Gasteiger partial charge in [0, 0.05) is 7.05 Å². The molecule has 0 aliphatic heterocycles. The number of aromatic nitrogens is 2. The van der Waals surface area contributed by atoms with Crippen molar-refractivity contribution in [2.45, 2.75) is 12.7 Å². The van der Waals surface area contributed by atoms with Crippen LogP contribution in [0, 0.1) is 0 Å². The predicted octanol–water partition coefficient (Wildman–Crippen LogP) is 3.81. The van der Waals surface area contributed by atoms with Gasteiger partial charge in [-0.25, -0.2) is 4.98 Å². The van der Waals surface area contributed by atoms with Gasteiger partial charge in [0.2, 0.25) is 17.6 Å². The van der Waals surface area contributed by atoms with Crippen molar-refractivity contribution in [1.82, 2.24) is 14.5 Å². The monoisotopic (exact) mass is 424 g/mol. The number of amides is 2. The van der Waals surface area contributed by atoms with Gasteiger partial charge in [-0.15, -0.1) is 0 Å². The van der Waals surface area contributed by atoms with Crippen LogP contribution in [-0.2, 0) is 22.3 Å². The molecular formula is C19H16ClF3N4O2. The molecule has 0 atom stereocenters. The van der Waals surface area contributed by atoms with Crippen LogP contribution in [0.2, 0.25) is 5.02 Å². The number of hydrogen-bond donors (Lipinski definition) is 1. The largest absolute Gasteiger partial charge is 0.449 e. The Morgan fingerprint density at radius 3 is 2.48 bits per heavy atom. The molecule has 10 heteroatoms. The number of hydrogen-bond acceptors (Lipinski definition) is 3. The minimum Gasteiger partial charge on any atom is -0.335 e. The quantitative estimate of drug-likeness (QED) is 0.677.